The minimum Gasteiger partial charge on any atom is -0.368 e. The standard InChI is InChI=1S/C26H27BrO4/c27-26-25(30-18-22-14-8-3-9-15-22)24(29-17-21-12-6-2-7-13-21)23(19-31-26)28-16-20-10-4-1-5-11-20/h1-15,23-26H,16-19H2/t23-,24+,25-,26?/m1/s1. The van der Waals surface area contributed by atoms with Crippen molar-refractivity contribution in [3.8, 4) is 0 Å². The molecule has 3 aromatic rings. The van der Waals surface area contributed by atoms with Gasteiger partial charge in [-0.05, 0) is 16.7 Å². The summed E-state index contributed by atoms with van der Waals surface area (Å²) in [5.74, 6) is 0. The lowest BCUT2D eigenvalue weighted by Crippen LogP contribution is -2.54. The number of ether oxygens (including phenoxy) is 4. The third-order valence-corrected chi connectivity index (χ3v) is 6.03. The molecule has 0 radical (unpaired) electrons. The molecule has 0 amide bonds. The van der Waals surface area contributed by atoms with Crippen molar-refractivity contribution in [2.45, 2.75) is 43.1 Å². The van der Waals surface area contributed by atoms with Crippen LogP contribution in [0.3, 0.4) is 0 Å². The average molecular weight is 483 g/mol. The number of halogens is 1. The molecule has 5 heteroatoms. The Hall–Kier alpha value is -2.02. The van der Waals surface area contributed by atoms with Crippen molar-refractivity contribution in [1.29, 1.82) is 0 Å². The van der Waals surface area contributed by atoms with Crippen LogP contribution >= 0.6 is 15.9 Å². The van der Waals surface area contributed by atoms with Crippen molar-refractivity contribution in [2.24, 2.45) is 0 Å². The number of alkyl halides is 1. The van der Waals surface area contributed by atoms with E-state index in [-0.39, 0.29) is 23.3 Å². The van der Waals surface area contributed by atoms with Crippen LogP contribution in [0.4, 0.5) is 0 Å². The molecule has 0 aromatic heterocycles. The molecule has 3 aromatic carbocycles. The molecule has 4 atom stereocenters. The van der Waals surface area contributed by atoms with Gasteiger partial charge in [-0.2, -0.15) is 0 Å². The molecule has 0 aliphatic carbocycles. The first-order valence-electron chi connectivity index (χ1n) is 10.5. The summed E-state index contributed by atoms with van der Waals surface area (Å²) in [6.07, 6.45) is -0.817. The second kappa shape index (κ2) is 11.6. The number of rotatable bonds is 9. The molecule has 1 aliphatic rings. The lowest BCUT2D eigenvalue weighted by atomic mass is 10.1. The smallest absolute Gasteiger partial charge is 0.141 e. The van der Waals surface area contributed by atoms with Gasteiger partial charge < -0.3 is 18.9 Å². The molecule has 1 saturated heterocycles. The number of hydrogen-bond acceptors (Lipinski definition) is 4. The number of benzene rings is 3. The predicted molar refractivity (Wildman–Crippen MR) is 124 cm³/mol. The van der Waals surface area contributed by atoms with E-state index in [0.717, 1.165) is 16.7 Å². The Morgan fingerprint density at radius 1 is 0.613 bits per heavy atom. The zero-order valence-corrected chi connectivity index (χ0v) is 18.9. The van der Waals surface area contributed by atoms with Gasteiger partial charge in [-0.1, -0.05) is 107 Å². The minimum atomic E-state index is -0.307. The van der Waals surface area contributed by atoms with Gasteiger partial charge in [0.1, 0.15) is 23.3 Å². The summed E-state index contributed by atoms with van der Waals surface area (Å²) in [6.45, 7) is 1.90. The highest BCUT2D eigenvalue weighted by Crippen LogP contribution is 2.29. The Balaban J connectivity index is 1.46. The maximum absolute atomic E-state index is 6.38. The van der Waals surface area contributed by atoms with Crippen LogP contribution in [0.15, 0.2) is 91.0 Å². The summed E-state index contributed by atoms with van der Waals surface area (Å²) in [5.41, 5.74) is 3.34. The molecule has 4 nitrogen and oxygen atoms in total. The van der Waals surface area contributed by atoms with Gasteiger partial charge >= 0.3 is 0 Å². The molecule has 4 rings (SSSR count). The minimum absolute atomic E-state index is 0.238. The van der Waals surface area contributed by atoms with Crippen molar-refractivity contribution in [1.82, 2.24) is 0 Å². The fourth-order valence-electron chi connectivity index (χ4n) is 3.56. The fraction of sp³-hybridized carbons (Fsp3) is 0.308. The second-order valence-corrected chi connectivity index (χ2v) is 8.44. The molecule has 0 spiro atoms. The van der Waals surface area contributed by atoms with E-state index in [0.29, 0.717) is 26.4 Å². The number of hydrogen-bond donors (Lipinski definition) is 0. The van der Waals surface area contributed by atoms with Crippen LogP contribution < -0.4 is 0 Å². The maximum atomic E-state index is 6.38. The van der Waals surface area contributed by atoms with Crippen LogP contribution in [-0.4, -0.2) is 29.9 Å². The van der Waals surface area contributed by atoms with Crippen LogP contribution in [0.5, 0.6) is 0 Å². The quantitative estimate of drug-likeness (QED) is 0.377. The third kappa shape index (κ3) is 6.48. The summed E-state index contributed by atoms with van der Waals surface area (Å²) in [7, 11) is 0. The van der Waals surface area contributed by atoms with E-state index in [9.17, 15) is 0 Å². The van der Waals surface area contributed by atoms with E-state index in [2.05, 4.69) is 52.3 Å². The molecular weight excluding hydrogens is 456 g/mol. The van der Waals surface area contributed by atoms with Gasteiger partial charge in [0.25, 0.3) is 0 Å². The van der Waals surface area contributed by atoms with Gasteiger partial charge in [0.15, 0.2) is 0 Å². The molecule has 1 aliphatic heterocycles. The molecule has 31 heavy (non-hydrogen) atoms. The van der Waals surface area contributed by atoms with Gasteiger partial charge in [0.05, 0.1) is 26.4 Å². The summed E-state index contributed by atoms with van der Waals surface area (Å²) >= 11 is 3.64. The highest BCUT2D eigenvalue weighted by atomic mass is 79.9. The largest absolute Gasteiger partial charge is 0.368 e. The average Bonchev–Trinajstić information content (AvgIpc) is 2.83. The Morgan fingerprint density at radius 3 is 1.52 bits per heavy atom. The fourth-order valence-corrected chi connectivity index (χ4v) is 4.17. The van der Waals surface area contributed by atoms with Gasteiger partial charge in [0, 0.05) is 0 Å². The van der Waals surface area contributed by atoms with E-state index >= 15 is 0 Å². The zero-order valence-electron chi connectivity index (χ0n) is 17.3. The monoisotopic (exact) mass is 482 g/mol. The molecule has 0 bridgehead atoms. The van der Waals surface area contributed by atoms with E-state index in [1.807, 2.05) is 54.6 Å². The van der Waals surface area contributed by atoms with Gasteiger partial charge in [-0.3, -0.25) is 0 Å². The van der Waals surface area contributed by atoms with Crippen LogP contribution in [0.25, 0.3) is 0 Å². The molecule has 0 N–H and O–H groups in total. The third-order valence-electron chi connectivity index (χ3n) is 5.25. The van der Waals surface area contributed by atoms with Crippen molar-refractivity contribution in [2.75, 3.05) is 6.61 Å². The van der Waals surface area contributed by atoms with Crippen LogP contribution in [-0.2, 0) is 38.8 Å². The Morgan fingerprint density at radius 2 is 1.03 bits per heavy atom. The van der Waals surface area contributed by atoms with Crippen molar-refractivity contribution in [3.63, 3.8) is 0 Å². The lowest BCUT2D eigenvalue weighted by Gasteiger charge is -2.40. The molecule has 162 valence electrons. The van der Waals surface area contributed by atoms with Crippen molar-refractivity contribution >= 4 is 15.9 Å². The normalized spacial score (nSPS) is 23.5. The Bertz CT molecular complexity index is 891. The first-order chi connectivity index (χ1) is 15.3. The topological polar surface area (TPSA) is 36.9 Å². The van der Waals surface area contributed by atoms with Crippen LogP contribution in [0, 0.1) is 0 Å². The maximum Gasteiger partial charge on any atom is 0.141 e. The SMILES string of the molecule is BrC1OC[C@@H](OCc2ccccc2)[C@H](OCc2ccccc2)[C@H]1OCc1ccccc1. The molecule has 1 fully saturated rings. The van der Waals surface area contributed by atoms with Gasteiger partial charge in [0.2, 0.25) is 0 Å². The van der Waals surface area contributed by atoms with E-state index in [4.69, 9.17) is 18.9 Å². The molecule has 1 unspecified atom stereocenters. The molecule has 1 heterocycles. The van der Waals surface area contributed by atoms with Crippen molar-refractivity contribution < 1.29 is 18.9 Å². The highest BCUT2D eigenvalue weighted by Gasteiger charge is 2.42. The van der Waals surface area contributed by atoms with E-state index in [1.165, 1.54) is 0 Å². The first kappa shape index (κ1) is 22.2. The first-order valence-corrected chi connectivity index (χ1v) is 11.4. The lowest BCUT2D eigenvalue weighted by molar-refractivity contribution is -0.218. The summed E-state index contributed by atoms with van der Waals surface area (Å²) in [6, 6.07) is 30.4. The van der Waals surface area contributed by atoms with Gasteiger partial charge in [-0.25, -0.2) is 0 Å². The summed E-state index contributed by atoms with van der Waals surface area (Å²) in [4.78, 5) is 0. The van der Waals surface area contributed by atoms with Gasteiger partial charge in [-0.15, -0.1) is 0 Å². The van der Waals surface area contributed by atoms with Crippen LogP contribution in [0.2, 0.25) is 0 Å². The molecular formula is C26H27BrO4. The van der Waals surface area contributed by atoms with E-state index < -0.39 is 0 Å². The summed E-state index contributed by atoms with van der Waals surface area (Å²) < 4.78 is 24.9. The van der Waals surface area contributed by atoms with Crippen LogP contribution in [0.1, 0.15) is 16.7 Å². The molecule has 0 saturated carbocycles. The van der Waals surface area contributed by atoms with Crippen molar-refractivity contribution in [3.05, 3.63) is 108 Å². The zero-order chi connectivity index (χ0) is 21.3. The highest BCUT2D eigenvalue weighted by molar-refractivity contribution is 9.09. The Kier molecular flexibility index (Phi) is 8.27. The van der Waals surface area contributed by atoms with E-state index in [1.54, 1.807) is 0 Å². The summed E-state index contributed by atoms with van der Waals surface area (Å²) in [5, 5.41) is -0.270. The Labute approximate surface area is 192 Å². The predicted octanol–water partition coefficient (Wildman–Crippen LogP) is 5.49. The second-order valence-electron chi connectivity index (χ2n) is 7.54.